The highest BCUT2D eigenvalue weighted by molar-refractivity contribution is 9.15. The maximum absolute atomic E-state index is 11.8. The molecule has 0 atom stereocenters. The monoisotopic (exact) mass is 1200 g/mol. The maximum atomic E-state index is 11.8. The van der Waals surface area contributed by atoms with E-state index < -0.39 is 0 Å². The molecule has 12 heteroatoms. The Hall–Kier alpha value is -7.48. The van der Waals surface area contributed by atoms with E-state index in [2.05, 4.69) is 85.0 Å². The molecule has 4 heterocycles. The van der Waals surface area contributed by atoms with Gasteiger partial charge in [0, 0.05) is 62.4 Å². The number of fused-ring (bicyclic) bond motifs is 4. The summed E-state index contributed by atoms with van der Waals surface area (Å²) in [5, 5.41) is 11.6. The number of amides is 4. The summed E-state index contributed by atoms with van der Waals surface area (Å²) in [6, 6.07) is 70.1. The lowest BCUT2D eigenvalue weighted by Crippen LogP contribution is -2.12. The molecule has 0 saturated heterocycles. The first-order valence-electron chi connectivity index (χ1n) is 22.5. The van der Waals surface area contributed by atoms with Crippen molar-refractivity contribution in [2.75, 3.05) is 0 Å². The van der Waals surface area contributed by atoms with Gasteiger partial charge < -0.3 is 21.3 Å². The molecule has 4 aliphatic rings. The average molecular weight is 1200 g/mol. The second kappa shape index (κ2) is 22.7. The van der Waals surface area contributed by atoms with Crippen LogP contribution in [0, 0.1) is 0 Å². The van der Waals surface area contributed by atoms with Crippen LogP contribution in [0.25, 0.3) is 40.7 Å². The van der Waals surface area contributed by atoms with Gasteiger partial charge in [-0.2, -0.15) is 0 Å². The molecule has 0 aliphatic carbocycles. The van der Waals surface area contributed by atoms with Crippen LogP contribution in [0.5, 0.6) is 0 Å². The summed E-state index contributed by atoms with van der Waals surface area (Å²) in [5.74, 6) is -0.191. The molecule has 8 nitrogen and oxygen atoms in total. The number of carbonyl (C=O) groups excluding carboxylic acids is 4. The zero-order chi connectivity index (χ0) is 50.1. The molecule has 4 N–H and O–H groups in total. The van der Waals surface area contributed by atoms with Gasteiger partial charge in [-0.05, 0) is 110 Å². The van der Waals surface area contributed by atoms with Crippen molar-refractivity contribution < 1.29 is 19.2 Å². The van der Waals surface area contributed by atoms with Crippen molar-refractivity contribution in [1.29, 1.82) is 0 Å². The van der Waals surface area contributed by atoms with E-state index in [4.69, 9.17) is 0 Å². The van der Waals surface area contributed by atoms with Gasteiger partial charge in [0.05, 0.1) is 22.8 Å². The van der Waals surface area contributed by atoms with Crippen molar-refractivity contribution in [1.82, 2.24) is 21.3 Å². The van der Waals surface area contributed by atoms with Crippen molar-refractivity contribution >= 4 is 128 Å². The zero-order valence-corrected chi connectivity index (χ0v) is 44.3. The van der Waals surface area contributed by atoms with E-state index in [0.29, 0.717) is 0 Å². The molecule has 4 aliphatic heterocycles. The minimum atomic E-state index is -0.0477. The molecule has 4 amide bonds. The van der Waals surface area contributed by atoms with Gasteiger partial charge in [-0.15, -0.1) is 0 Å². The van der Waals surface area contributed by atoms with Crippen LogP contribution >= 0.6 is 63.7 Å². The third-order valence-corrected chi connectivity index (χ3v) is 15.1. The molecule has 72 heavy (non-hydrogen) atoms. The number of hydrogen-bond donors (Lipinski definition) is 4. The lowest BCUT2D eigenvalue weighted by atomic mass is 10.1. The Bertz CT molecular complexity index is 3050. The largest absolute Gasteiger partial charge is 0.320 e. The summed E-state index contributed by atoms with van der Waals surface area (Å²) in [6.07, 6.45) is 0. The number of benzene rings is 8. The van der Waals surface area contributed by atoms with Crippen LogP contribution < -0.4 is 21.3 Å². The highest BCUT2D eigenvalue weighted by Crippen LogP contribution is 2.38. The van der Waals surface area contributed by atoms with E-state index in [9.17, 15) is 19.2 Å². The zero-order valence-electron chi connectivity index (χ0n) is 37.9. The van der Waals surface area contributed by atoms with Crippen molar-refractivity contribution in [3.8, 4) is 0 Å². The predicted molar refractivity (Wildman–Crippen MR) is 304 cm³/mol. The fourth-order valence-electron chi connectivity index (χ4n) is 8.20. The smallest absolute Gasteiger partial charge is 0.256 e. The maximum Gasteiger partial charge on any atom is 0.256 e. The van der Waals surface area contributed by atoms with Crippen molar-refractivity contribution in [2.24, 2.45) is 0 Å². The quantitative estimate of drug-likeness (QED) is 0.140. The number of carbonyl (C=O) groups is 4. The molecule has 12 rings (SSSR count). The normalized spacial score (nSPS) is 16.2. The first-order chi connectivity index (χ1) is 35.1. The molecular weight excluding hydrogens is 1160 g/mol. The highest BCUT2D eigenvalue weighted by Gasteiger charge is 2.28. The number of nitrogens with one attached hydrogen (secondary N) is 4. The molecule has 0 radical (unpaired) electrons. The number of rotatable bonds is 4. The van der Waals surface area contributed by atoms with E-state index in [1.165, 1.54) is 0 Å². The summed E-state index contributed by atoms with van der Waals surface area (Å²) in [4.78, 5) is 47.4. The lowest BCUT2D eigenvalue weighted by Gasteiger charge is -2.05. The van der Waals surface area contributed by atoms with Gasteiger partial charge in [-0.3, -0.25) is 19.2 Å². The van der Waals surface area contributed by atoms with E-state index >= 15 is 0 Å². The molecule has 0 aromatic heterocycles. The van der Waals surface area contributed by atoms with Gasteiger partial charge in [-0.25, -0.2) is 0 Å². The fraction of sp³-hybridized carbons (Fsp3) is 0. The molecule has 8 aromatic rings. The van der Waals surface area contributed by atoms with Crippen LogP contribution in [0.3, 0.4) is 0 Å². The van der Waals surface area contributed by atoms with Gasteiger partial charge >= 0.3 is 0 Å². The highest BCUT2D eigenvalue weighted by atomic mass is 79.9. The third kappa shape index (κ3) is 10.7. The first-order valence-corrected chi connectivity index (χ1v) is 25.7. The van der Waals surface area contributed by atoms with E-state index in [1.807, 2.05) is 218 Å². The number of halogens is 4. The molecule has 0 unspecified atom stereocenters. The third-order valence-electron chi connectivity index (χ3n) is 11.7. The first kappa shape index (κ1) is 49.5. The van der Waals surface area contributed by atoms with E-state index in [0.717, 1.165) is 107 Å². The Morgan fingerprint density at radius 1 is 0.222 bits per heavy atom. The molecule has 0 spiro atoms. The summed E-state index contributed by atoms with van der Waals surface area (Å²) in [6.45, 7) is 0. The van der Waals surface area contributed by atoms with Crippen molar-refractivity contribution in [3.05, 3.63) is 285 Å². The minimum Gasteiger partial charge on any atom is -0.320 e. The van der Waals surface area contributed by atoms with Gasteiger partial charge in [0.2, 0.25) is 0 Å². The van der Waals surface area contributed by atoms with Crippen LogP contribution in [0.15, 0.2) is 218 Å². The van der Waals surface area contributed by atoms with Crippen LogP contribution in [0.1, 0.15) is 85.9 Å². The second-order valence-corrected chi connectivity index (χ2v) is 19.4. The summed E-state index contributed by atoms with van der Waals surface area (Å²) < 4.78 is 3.62. The SMILES string of the molecule is O=C1N/C(=C(\Br)c2ccccc2)c2ccccc21.O=C1N/C(=C(\Br)c2ccccc2)c2ccccc21.O=C1N/C(=C(\Br)c2ccccc2)c2ccccc21.O=C1N/C(=C(\Br)c2ccccc2)c2ccccc21. The van der Waals surface area contributed by atoms with Crippen molar-refractivity contribution in [3.63, 3.8) is 0 Å². The average Bonchev–Trinajstić information content (AvgIpc) is 4.19. The Kier molecular flexibility index (Phi) is 15.6. The Morgan fingerprint density at radius 3 is 0.556 bits per heavy atom. The second-order valence-electron chi connectivity index (χ2n) is 16.2. The van der Waals surface area contributed by atoms with Crippen LogP contribution in [0.4, 0.5) is 0 Å². The van der Waals surface area contributed by atoms with E-state index in [-0.39, 0.29) is 23.6 Å². The molecule has 352 valence electrons. The van der Waals surface area contributed by atoms with E-state index in [1.54, 1.807) is 0 Å². The van der Waals surface area contributed by atoms with Gasteiger partial charge in [-0.1, -0.05) is 194 Å². The predicted octanol–water partition coefficient (Wildman–Crippen LogP) is 14.6. The van der Waals surface area contributed by atoms with Crippen LogP contribution in [0.2, 0.25) is 0 Å². The summed E-state index contributed by atoms with van der Waals surface area (Å²) in [7, 11) is 0. The minimum absolute atomic E-state index is 0.0477. The van der Waals surface area contributed by atoms with Crippen LogP contribution in [-0.2, 0) is 0 Å². The fourth-order valence-corrected chi connectivity index (χ4v) is 10.5. The Morgan fingerprint density at radius 2 is 0.375 bits per heavy atom. The molecule has 8 aromatic carbocycles. The lowest BCUT2D eigenvalue weighted by molar-refractivity contribution is 0.0972. The number of hydrogen-bond acceptors (Lipinski definition) is 4. The van der Waals surface area contributed by atoms with Crippen LogP contribution in [-0.4, -0.2) is 23.6 Å². The summed E-state index contributed by atoms with van der Waals surface area (Å²) in [5.41, 5.74) is 14.2. The molecule has 0 bridgehead atoms. The summed E-state index contributed by atoms with van der Waals surface area (Å²) >= 11 is 14.3. The molecule has 0 fully saturated rings. The van der Waals surface area contributed by atoms with Gasteiger partial charge in [0.1, 0.15) is 0 Å². The van der Waals surface area contributed by atoms with Gasteiger partial charge in [0.25, 0.3) is 23.6 Å². The molecular formula is C60H40Br4N4O4. The van der Waals surface area contributed by atoms with Gasteiger partial charge in [0.15, 0.2) is 0 Å². The molecule has 0 saturated carbocycles. The topological polar surface area (TPSA) is 116 Å². The standard InChI is InChI=1S/4C15H10BrNO/c4*16-13(10-6-2-1-3-7-10)14-11-8-4-5-9-12(11)15(18)17-14/h4*1-9H,(H,17,18)/b4*14-13-. The Balaban J connectivity index is 0.000000119. The Labute approximate surface area is 450 Å². The van der Waals surface area contributed by atoms with Crippen molar-refractivity contribution in [2.45, 2.75) is 0 Å².